The Bertz CT molecular complexity index is 729. The van der Waals surface area contributed by atoms with Crippen molar-refractivity contribution in [2.45, 2.75) is 19.1 Å². The summed E-state index contributed by atoms with van der Waals surface area (Å²) < 4.78 is 0. The zero-order chi connectivity index (χ0) is 17.4. The van der Waals surface area contributed by atoms with Crippen LogP contribution in [0.5, 0.6) is 0 Å². The predicted molar refractivity (Wildman–Crippen MR) is 90.5 cm³/mol. The lowest BCUT2D eigenvalue weighted by Gasteiger charge is -2.38. The fourth-order valence-electron chi connectivity index (χ4n) is 2.84. The van der Waals surface area contributed by atoms with Crippen LogP contribution in [-0.4, -0.2) is 71.7 Å². The number of aliphatic imine (C=N–C) groups is 1. The first-order chi connectivity index (χ1) is 11.4. The lowest BCUT2D eigenvalue weighted by molar-refractivity contribution is -0.135. The molecule has 0 spiro atoms. The first kappa shape index (κ1) is 16.0. The van der Waals surface area contributed by atoms with Crippen molar-refractivity contribution >= 4 is 23.6 Å². The van der Waals surface area contributed by atoms with Crippen LogP contribution in [0.4, 0.5) is 4.79 Å². The summed E-state index contributed by atoms with van der Waals surface area (Å²) in [6.45, 7) is 1.89. The molecule has 3 amide bonds. The monoisotopic (exact) mass is 328 g/mol. The summed E-state index contributed by atoms with van der Waals surface area (Å²) in [5, 5.41) is 4.34. The van der Waals surface area contributed by atoms with Gasteiger partial charge in [0, 0.05) is 21.1 Å². The normalized spacial score (nSPS) is 24.2. The molecule has 2 aliphatic heterocycles. The number of nitrogens with zero attached hydrogens (tertiary/aromatic N) is 5. The fraction of sp³-hybridized carbons (Fsp3) is 0.375. The van der Waals surface area contributed by atoms with Crippen molar-refractivity contribution in [2.75, 3.05) is 21.1 Å². The van der Waals surface area contributed by atoms with E-state index in [1.807, 2.05) is 37.3 Å². The predicted octanol–water partition coefficient (Wildman–Crippen LogP) is 0.520. The minimum atomic E-state index is -0.541. The zero-order valence-corrected chi connectivity index (χ0v) is 14.1. The third-order valence-electron chi connectivity index (χ3n) is 4.37. The smallest absolute Gasteiger partial charge is 0.328 e. The summed E-state index contributed by atoms with van der Waals surface area (Å²) in [7, 11) is 4.88. The Labute approximate surface area is 140 Å². The molecule has 1 fully saturated rings. The van der Waals surface area contributed by atoms with Crippen molar-refractivity contribution in [3.8, 4) is 0 Å². The third kappa shape index (κ3) is 2.49. The Hall–Kier alpha value is -2.90. The molecule has 0 aromatic heterocycles. The van der Waals surface area contributed by atoms with Crippen LogP contribution in [0.15, 0.2) is 40.4 Å². The van der Waals surface area contributed by atoms with E-state index in [0.717, 1.165) is 16.2 Å². The molecule has 2 atom stereocenters. The number of hydrogen-bond acceptors (Lipinski definition) is 6. The van der Waals surface area contributed by atoms with E-state index >= 15 is 0 Å². The summed E-state index contributed by atoms with van der Waals surface area (Å²) >= 11 is 0. The van der Waals surface area contributed by atoms with Crippen LogP contribution in [-0.2, 0) is 4.79 Å². The topological polar surface area (TPSA) is 80.6 Å². The molecule has 0 bridgehead atoms. The summed E-state index contributed by atoms with van der Waals surface area (Å²) in [5.74, 6) is 0.193. The maximum absolute atomic E-state index is 12.4. The van der Waals surface area contributed by atoms with E-state index in [0.29, 0.717) is 5.96 Å². The van der Waals surface area contributed by atoms with Gasteiger partial charge in [0.25, 0.3) is 5.91 Å². The van der Waals surface area contributed by atoms with Gasteiger partial charge in [-0.05, 0) is 12.5 Å². The van der Waals surface area contributed by atoms with Gasteiger partial charge >= 0.3 is 6.03 Å². The lowest BCUT2D eigenvalue weighted by atomic mass is 10.1. The number of rotatable bonds is 2. The second kappa shape index (κ2) is 5.95. The highest BCUT2D eigenvalue weighted by molar-refractivity contribution is 6.04. The molecule has 3 rings (SSSR count). The zero-order valence-electron chi connectivity index (χ0n) is 14.1. The van der Waals surface area contributed by atoms with E-state index in [4.69, 9.17) is 0 Å². The van der Waals surface area contributed by atoms with Crippen molar-refractivity contribution in [1.82, 2.24) is 20.1 Å². The SMILES string of the molecule is C/C(=N/NC1=NC2C(C(=O)N(C)C(=O)N2C)N1C)c1ccccc1. The van der Waals surface area contributed by atoms with Gasteiger partial charge in [-0.1, -0.05) is 30.3 Å². The van der Waals surface area contributed by atoms with Crippen LogP contribution < -0.4 is 5.43 Å². The molecular weight excluding hydrogens is 308 g/mol. The maximum atomic E-state index is 12.4. The van der Waals surface area contributed by atoms with Crippen LogP contribution >= 0.6 is 0 Å². The van der Waals surface area contributed by atoms with Crippen LogP contribution in [0.2, 0.25) is 0 Å². The highest BCUT2D eigenvalue weighted by atomic mass is 16.2. The van der Waals surface area contributed by atoms with Gasteiger partial charge in [-0.2, -0.15) is 5.10 Å². The van der Waals surface area contributed by atoms with Crippen LogP contribution in [0, 0.1) is 0 Å². The van der Waals surface area contributed by atoms with Crippen molar-refractivity contribution < 1.29 is 9.59 Å². The second-order valence-electron chi connectivity index (χ2n) is 5.89. The molecule has 0 saturated carbocycles. The van der Waals surface area contributed by atoms with E-state index in [9.17, 15) is 9.59 Å². The number of amides is 3. The van der Waals surface area contributed by atoms with E-state index in [1.165, 1.54) is 11.9 Å². The average Bonchev–Trinajstić information content (AvgIpc) is 2.93. The Balaban J connectivity index is 1.81. The van der Waals surface area contributed by atoms with E-state index in [1.54, 1.807) is 19.0 Å². The number of hydrogen-bond donors (Lipinski definition) is 1. The highest BCUT2D eigenvalue weighted by Gasteiger charge is 2.49. The number of imide groups is 1. The molecule has 1 N–H and O–H groups in total. The van der Waals surface area contributed by atoms with Crippen LogP contribution in [0.25, 0.3) is 0 Å². The number of benzene rings is 1. The highest BCUT2D eigenvalue weighted by Crippen LogP contribution is 2.25. The summed E-state index contributed by atoms with van der Waals surface area (Å²) in [5.41, 5.74) is 4.70. The average molecular weight is 328 g/mol. The molecule has 2 aliphatic rings. The largest absolute Gasteiger partial charge is 0.329 e. The van der Waals surface area contributed by atoms with Crippen molar-refractivity contribution in [3.05, 3.63) is 35.9 Å². The number of hydrazone groups is 1. The number of urea groups is 1. The molecule has 8 heteroatoms. The summed E-state index contributed by atoms with van der Waals surface area (Å²) in [6.07, 6.45) is -0.541. The number of carbonyl (C=O) groups excluding carboxylic acids is 2. The molecule has 0 radical (unpaired) electrons. The lowest BCUT2D eigenvalue weighted by Crippen LogP contribution is -2.63. The Morgan fingerprint density at radius 2 is 1.79 bits per heavy atom. The van der Waals surface area contributed by atoms with Crippen molar-refractivity contribution in [3.63, 3.8) is 0 Å². The third-order valence-corrected chi connectivity index (χ3v) is 4.37. The van der Waals surface area contributed by atoms with Gasteiger partial charge < -0.3 is 9.80 Å². The molecule has 24 heavy (non-hydrogen) atoms. The van der Waals surface area contributed by atoms with Gasteiger partial charge in [0.15, 0.2) is 12.2 Å². The fourth-order valence-corrected chi connectivity index (χ4v) is 2.84. The molecule has 1 saturated heterocycles. The van der Waals surface area contributed by atoms with Crippen molar-refractivity contribution in [1.29, 1.82) is 0 Å². The Morgan fingerprint density at radius 3 is 2.46 bits per heavy atom. The molecule has 1 aromatic carbocycles. The van der Waals surface area contributed by atoms with E-state index in [2.05, 4.69) is 15.5 Å². The Morgan fingerprint density at radius 1 is 1.12 bits per heavy atom. The van der Waals surface area contributed by atoms with Gasteiger partial charge in [-0.3, -0.25) is 9.69 Å². The van der Waals surface area contributed by atoms with Crippen molar-refractivity contribution in [2.24, 2.45) is 10.1 Å². The molecule has 8 nitrogen and oxygen atoms in total. The van der Waals surface area contributed by atoms with Gasteiger partial charge in [0.2, 0.25) is 5.96 Å². The second-order valence-corrected chi connectivity index (χ2v) is 5.89. The minimum Gasteiger partial charge on any atom is -0.329 e. The van der Waals surface area contributed by atoms with Crippen LogP contribution in [0.3, 0.4) is 0 Å². The molecule has 126 valence electrons. The van der Waals surface area contributed by atoms with Gasteiger partial charge in [-0.25, -0.2) is 15.2 Å². The van der Waals surface area contributed by atoms with Gasteiger partial charge in [0.05, 0.1) is 5.71 Å². The van der Waals surface area contributed by atoms with E-state index < -0.39 is 12.2 Å². The number of fused-ring (bicyclic) bond motifs is 1. The standard InChI is InChI=1S/C16H20N6O2/c1-10(11-8-6-5-7-9-11)18-19-15-17-13-12(20(15)2)14(23)22(4)16(24)21(13)3/h5-9,12-13H,1-4H3,(H,17,19)/b18-10-. The number of guanidine groups is 1. The van der Waals surface area contributed by atoms with Gasteiger partial charge in [-0.15, -0.1) is 0 Å². The summed E-state index contributed by atoms with van der Waals surface area (Å²) in [4.78, 5) is 33.2. The van der Waals surface area contributed by atoms with Gasteiger partial charge in [0.1, 0.15) is 0 Å². The number of likely N-dealkylation sites (N-methyl/N-ethyl adjacent to an activating group) is 3. The minimum absolute atomic E-state index is 0.269. The van der Waals surface area contributed by atoms with E-state index in [-0.39, 0.29) is 11.9 Å². The number of carbonyl (C=O) groups is 2. The molecule has 1 aromatic rings. The molecular formula is C16H20N6O2. The summed E-state index contributed by atoms with van der Waals surface area (Å²) in [6, 6.07) is 8.86. The molecule has 0 aliphatic carbocycles. The molecule has 2 heterocycles. The first-order valence-corrected chi connectivity index (χ1v) is 7.62. The maximum Gasteiger partial charge on any atom is 0.328 e. The quantitative estimate of drug-likeness (QED) is 0.634. The molecule has 2 unspecified atom stereocenters. The van der Waals surface area contributed by atoms with Crippen LogP contribution in [0.1, 0.15) is 12.5 Å². The Kier molecular flexibility index (Phi) is 3.96. The first-order valence-electron chi connectivity index (χ1n) is 7.62. The number of nitrogens with one attached hydrogen (secondary N) is 1.